The summed E-state index contributed by atoms with van der Waals surface area (Å²) >= 11 is 1.36. The van der Waals surface area contributed by atoms with E-state index in [1.165, 1.54) is 51.2 Å². The van der Waals surface area contributed by atoms with Gasteiger partial charge in [-0.25, -0.2) is 12.2 Å². The second-order valence-corrected chi connectivity index (χ2v) is 7.93. The van der Waals surface area contributed by atoms with E-state index in [9.17, 15) is 0 Å². The van der Waals surface area contributed by atoms with Gasteiger partial charge in [-0.2, -0.15) is 97.1 Å². The molecule has 0 spiro atoms. The van der Waals surface area contributed by atoms with Crippen LogP contribution in [-0.4, -0.2) is 6.88 Å². The van der Waals surface area contributed by atoms with E-state index in [0.717, 1.165) is 12.8 Å². The number of fused-ring (bicyclic) bond motifs is 3. The van der Waals surface area contributed by atoms with Gasteiger partial charge in [0.2, 0.25) is 0 Å². The van der Waals surface area contributed by atoms with Gasteiger partial charge in [0.15, 0.2) is 0 Å². The second kappa shape index (κ2) is 22.1. The standard InChI is InChI=1S/C16H15.2C6H5.C5H5.2ClH.Si.Zr/c1-11(2)14-9-5-7-13-10-12-6-3-4-8-15(12)16(13)14;2*1-2-4-6-5-3-1;1-2-4-5-3-1;;;;/h3-6,8-9,11H,10H2,1-2H3;2*1-5H;1-3H,4H2;2*1H;;/q4*-1;;;;. The van der Waals surface area contributed by atoms with E-state index in [-0.39, 0.29) is 24.8 Å². The SMILES string of the molecule is CC(C)c1cc[c-]c2c1-c1ccccc1C2.Cl.Cl.[C-]1=CC=CC1.[Si]=[Zr].[c-]1ccccc1.[c-]1ccccc1. The first-order valence-corrected chi connectivity index (χ1v) is 15.9. The zero-order valence-electron chi connectivity index (χ0n) is 21.3. The van der Waals surface area contributed by atoms with Crippen LogP contribution in [0, 0.1) is 24.3 Å². The molecule has 0 nitrogen and oxygen atoms in total. The van der Waals surface area contributed by atoms with Crippen molar-refractivity contribution in [3.8, 4) is 11.1 Å². The number of allylic oxidation sites excluding steroid dienone is 4. The second-order valence-electron chi connectivity index (χ2n) is 7.93. The molecule has 0 bridgehead atoms. The van der Waals surface area contributed by atoms with Crippen LogP contribution in [0.15, 0.2) is 115 Å². The van der Waals surface area contributed by atoms with Crippen LogP contribution in [0.4, 0.5) is 0 Å². The summed E-state index contributed by atoms with van der Waals surface area (Å²) in [6.45, 7) is 7.58. The van der Waals surface area contributed by atoms with Crippen molar-refractivity contribution in [1.29, 1.82) is 0 Å². The Bertz CT molecular complexity index is 1060. The van der Waals surface area contributed by atoms with Gasteiger partial charge in [-0.3, -0.25) is 6.08 Å². The Morgan fingerprint density at radius 1 is 0.757 bits per heavy atom. The third kappa shape index (κ3) is 12.9. The zero-order valence-corrected chi connectivity index (χ0v) is 26.4. The van der Waals surface area contributed by atoms with Crippen LogP contribution in [0.1, 0.15) is 42.9 Å². The van der Waals surface area contributed by atoms with Gasteiger partial charge in [-0.1, -0.05) is 49.2 Å². The van der Waals surface area contributed by atoms with Crippen molar-refractivity contribution >= 4 is 31.7 Å². The molecule has 37 heavy (non-hydrogen) atoms. The van der Waals surface area contributed by atoms with Gasteiger partial charge in [0.1, 0.15) is 0 Å². The Balaban J connectivity index is 0.000000514. The van der Waals surface area contributed by atoms with Crippen molar-refractivity contribution < 1.29 is 23.3 Å². The summed E-state index contributed by atoms with van der Waals surface area (Å²) in [5.74, 6) is 0.578. The van der Waals surface area contributed by atoms with Crippen molar-refractivity contribution in [1.82, 2.24) is 0 Å². The minimum atomic E-state index is 0. The molecule has 4 heteroatoms. The summed E-state index contributed by atoms with van der Waals surface area (Å²) in [6.07, 6.45) is 11.0. The molecule has 0 saturated heterocycles. The largest absolute Gasteiger partial charge is 0.184 e. The molecule has 0 N–H and O–H groups in total. The summed E-state index contributed by atoms with van der Waals surface area (Å²) in [5, 5.41) is 0. The van der Waals surface area contributed by atoms with Crippen LogP contribution < -0.4 is 0 Å². The van der Waals surface area contributed by atoms with Crippen LogP contribution in [0.3, 0.4) is 0 Å². The van der Waals surface area contributed by atoms with Crippen molar-refractivity contribution in [3.63, 3.8) is 0 Å². The van der Waals surface area contributed by atoms with E-state index in [1.54, 1.807) is 0 Å². The van der Waals surface area contributed by atoms with Gasteiger partial charge in [0.05, 0.1) is 0 Å². The molecule has 0 unspecified atom stereocenters. The van der Waals surface area contributed by atoms with E-state index < -0.39 is 0 Å². The Morgan fingerprint density at radius 3 is 1.76 bits per heavy atom. The summed E-state index contributed by atoms with van der Waals surface area (Å²) in [7, 11) is 0. The molecule has 6 rings (SSSR count). The number of benzene rings is 4. The van der Waals surface area contributed by atoms with E-state index in [4.69, 9.17) is 0 Å². The summed E-state index contributed by atoms with van der Waals surface area (Å²) in [4.78, 5) is 0. The van der Waals surface area contributed by atoms with Crippen LogP contribution in [-0.2, 0) is 29.8 Å². The number of halogens is 2. The summed E-state index contributed by atoms with van der Waals surface area (Å²) in [5.41, 5.74) is 7.12. The van der Waals surface area contributed by atoms with Gasteiger partial charge in [-0.15, -0.1) is 47.9 Å². The minimum Gasteiger partial charge on any atom is -0.184 e. The van der Waals surface area contributed by atoms with Crippen LogP contribution >= 0.6 is 24.8 Å². The van der Waals surface area contributed by atoms with Crippen molar-refractivity contribution in [2.75, 3.05) is 0 Å². The summed E-state index contributed by atoms with van der Waals surface area (Å²) in [6, 6.07) is 41.4. The third-order valence-corrected chi connectivity index (χ3v) is 5.19. The molecular weight excluding hydrogens is 587 g/mol. The van der Waals surface area contributed by atoms with Gasteiger partial charge in [0.25, 0.3) is 0 Å². The maximum Gasteiger partial charge on any atom is -0.171 e. The Kier molecular flexibility index (Phi) is 20.9. The van der Waals surface area contributed by atoms with Crippen molar-refractivity contribution in [3.05, 3.63) is 156 Å². The van der Waals surface area contributed by atoms with Gasteiger partial charge in [-0.05, 0) is 12.3 Å². The topological polar surface area (TPSA) is 0 Å². The van der Waals surface area contributed by atoms with E-state index >= 15 is 0 Å². The van der Waals surface area contributed by atoms with Gasteiger partial charge < -0.3 is 0 Å². The number of hydrogen-bond donors (Lipinski definition) is 0. The number of rotatable bonds is 1. The third-order valence-electron chi connectivity index (χ3n) is 5.19. The Hall–Kier alpha value is -1.96. The fourth-order valence-electron chi connectivity index (χ4n) is 3.63. The molecule has 2 aliphatic carbocycles. The number of hydrogen-bond acceptors (Lipinski definition) is 0. The average Bonchev–Trinajstić information content (AvgIpc) is 3.64. The predicted molar refractivity (Wildman–Crippen MR) is 160 cm³/mol. The van der Waals surface area contributed by atoms with Crippen molar-refractivity contribution in [2.45, 2.75) is 32.6 Å². The molecule has 2 radical (unpaired) electrons. The Morgan fingerprint density at radius 2 is 1.35 bits per heavy atom. The maximum absolute atomic E-state index is 3.39. The average molecular weight is 619 g/mol. The quantitative estimate of drug-likeness (QED) is 0.130. The predicted octanol–water partition coefficient (Wildman–Crippen LogP) is 8.92. The molecule has 4 aromatic carbocycles. The van der Waals surface area contributed by atoms with Crippen molar-refractivity contribution in [2.24, 2.45) is 0 Å². The molecule has 0 fully saturated rings. The van der Waals surface area contributed by atoms with Crippen LogP contribution in [0.2, 0.25) is 0 Å². The monoisotopic (exact) mass is 616 g/mol. The summed E-state index contributed by atoms with van der Waals surface area (Å²) < 4.78 is 0. The van der Waals surface area contributed by atoms with Gasteiger partial charge in [0, 0.05) is 0 Å². The molecule has 0 aromatic heterocycles. The molecule has 2 aliphatic rings. The first kappa shape index (κ1) is 35.0. The van der Waals surface area contributed by atoms with E-state index in [0.29, 0.717) is 5.92 Å². The van der Waals surface area contributed by atoms with Crippen LogP contribution in [0.25, 0.3) is 11.1 Å². The van der Waals surface area contributed by atoms with Gasteiger partial charge >= 0.3 is 30.2 Å². The molecule has 0 amide bonds. The fourth-order valence-corrected chi connectivity index (χ4v) is 3.63. The normalized spacial score (nSPS) is 10.5. The minimum absolute atomic E-state index is 0. The van der Waals surface area contributed by atoms with E-state index in [1.807, 2.05) is 72.8 Å². The Labute approximate surface area is 253 Å². The maximum atomic E-state index is 3.39. The smallest absolute Gasteiger partial charge is 0.171 e. The first-order valence-electron chi connectivity index (χ1n) is 11.7. The van der Waals surface area contributed by atoms with Crippen LogP contribution in [0.5, 0.6) is 0 Å². The zero-order chi connectivity index (χ0) is 25.1. The molecule has 0 heterocycles. The molecular formula is C33H32Cl2SiZr-4. The first-order chi connectivity index (χ1) is 17.3. The van der Waals surface area contributed by atoms with E-state index in [2.05, 4.69) is 87.5 Å². The molecule has 0 atom stereocenters. The molecule has 0 saturated carbocycles. The molecule has 190 valence electrons. The molecule has 4 aromatic rings. The molecule has 0 aliphatic heterocycles. The fraction of sp³-hybridized carbons (Fsp3) is 0.152.